The van der Waals surface area contributed by atoms with E-state index in [1.807, 2.05) is 12.1 Å². The number of rotatable bonds is 6. The minimum atomic E-state index is -4.49. The van der Waals surface area contributed by atoms with Crippen molar-refractivity contribution >= 4 is 22.5 Å². The van der Waals surface area contributed by atoms with Crippen molar-refractivity contribution in [3.63, 3.8) is 0 Å². The number of hydrogen-bond donors (Lipinski definition) is 2. The number of aromatic amines is 1. The van der Waals surface area contributed by atoms with E-state index in [0.29, 0.717) is 12.1 Å². The Morgan fingerprint density at radius 2 is 1.85 bits per heavy atom. The first kappa shape index (κ1) is 19.8. The van der Waals surface area contributed by atoms with E-state index >= 15 is 0 Å². The lowest BCUT2D eigenvalue weighted by atomic mass is 9.98. The van der Waals surface area contributed by atoms with E-state index in [0.717, 1.165) is 53.9 Å². The maximum atomic E-state index is 13.3. The maximum Gasteiger partial charge on any atom is 0.417 e. The Balaban J connectivity index is 2.16. The van der Waals surface area contributed by atoms with Gasteiger partial charge in [-0.05, 0) is 73.2 Å². The van der Waals surface area contributed by atoms with Crippen molar-refractivity contribution in [2.75, 3.05) is 6.54 Å². The van der Waals surface area contributed by atoms with E-state index in [1.54, 1.807) is 6.07 Å². The third kappa shape index (κ3) is 4.14. The molecule has 0 radical (unpaired) electrons. The summed E-state index contributed by atoms with van der Waals surface area (Å²) >= 11 is 5.78. The highest BCUT2D eigenvalue weighted by atomic mass is 35.5. The normalized spacial score (nSPS) is 12.1. The van der Waals surface area contributed by atoms with Gasteiger partial charge in [-0.3, -0.25) is 0 Å². The molecule has 3 aromatic rings. The van der Waals surface area contributed by atoms with Gasteiger partial charge in [0.05, 0.1) is 10.6 Å². The Morgan fingerprint density at radius 1 is 1.07 bits per heavy atom. The van der Waals surface area contributed by atoms with Gasteiger partial charge in [0.15, 0.2) is 0 Å². The fraction of sp³-hybridized carbons (Fsp3) is 0.333. The molecule has 0 saturated carbocycles. The molecule has 2 nitrogen and oxygen atoms in total. The summed E-state index contributed by atoms with van der Waals surface area (Å²) in [4.78, 5) is 3.32. The van der Waals surface area contributed by atoms with E-state index in [-0.39, 0.29) is 5.02 Å². The van der Waals surface area contributed by atoms with Gasteiger partial charge in [0, 0.05) is 16.6 Å². The molecular formula is C21H22ClF3N2. The van der Waals surface area contributed by atoms with Gasteiger partial charge in [0.2, 0.25) is 0 Å². The Labute approximate surface area is 161 Å². The summed E-state index contributed by atoms with van der Waals surface area (Å²) in [5.74, 6) is 0. The number of nitrogens with one attached hydrogen (secondary N) is 1. The van der Waals surface area contributed by atoms with Crippen LogP contribution in [0.5, 0.6) is 0 Å². The molecule has 0 unspecified atom stereocenters. The zero-order valence-corrected chi connectivity index (χ0v) is 15.8. The summed E-state index contributed by atoms with van der Waals surface area (Å²) in [6.45, 7) is 2.68. The van der Waals surface area contributed by atoms with Crippen LogP contribution in [0.1, 0.15) is 36.5 Å². The van der Waals surface area contributed by atoms with Crippen LogP contribution in [0.4, 0.5) is 13.2 Å². The number of nitrogens with two attached hydrogens (primary N) is 1. The van der Waals surface area contributed by atoms with Crippen LogP contribution in [0.15, 0.2) is 36.4 Å². The molecule has 0 saturated heterocycles. The summed E-state index contributed by atoms with van der Waals surface area (Å²) < 4.78 is 39.9. The van der Waals surface area contributed by atoms with Gasteiger partial charge in [-0.25, -0.2) is 0 Å². The van der Waals surface area contributed by atoms with E-state index in [9.17, 15) is 13.2 Å². The predicted octanol–water partition coefficient (Wildman–Crippen LogP) is 6.35. The minimum Gasteiger partial charge on any atom is -0.354 e. The SMILES string of the molecule is CCc1ccc2[nH]c(-c3ccc(Cl)c(C(F)(F)F)c3)c(CCCCN)c2c1. The van der Waals surface area contributed by atoms with Crippen LogP contribution < -0.4 is 5.73 Å². The standard InChI is InChI=1S/C21H22ClF3N2/c1-2-13-6-9-19-16(11-13)15(5-3-4-10-26)20(27-19)14-7-8-18(22)17(12-14)21(23,24)25/h6-9,11-12,27H,2-5,10,26H2,1H3. The second-order valence-corrected chi connectivity index (χ2v) is 7.06. The summed E-state index contributed by atoms with van der Waals surface area (Å²) in [5, 5.41) is 0.769. The number of H-pyrrole nitrogens is 1. The first-order valence-corrected chi connectivity index (χ1v) is 9.43. The number of unbranched alkanes of at least 4 members (excludes halogenated alkanes) is 1. The molecule has 3 rings (SSSR count). The highest BCUT2D eigenvalue weighted by Gasteiger charge is 2.33. The largest absolute Gasteiger partial charge is 0.417 e. The quantitative estimate of drug-likeness (QED) is 0.470. The van der Waals surface area contributed by atoms with Gasteiger partial charge < -0.3 is 10.7 Å². The first-order valence-electron chi connectivity index (χ1n) is 9.05. The van der Waals surface area contributed by atoms with E-state index in [4.69, 9.17) is 17.3 Å². The number of hydrogen-bond acceptors (Lipinski definition) is 1. The molecule has 0 bridgehead atoms. The zero-order chi connectivity index (χ0) is 19.6. The van der Waals surface area contributed by atoms with Gasteiger partial charge >= 0.3 is 6.18 Å². The highest BCUT2D eigenvalue weighted by molar-refractivity contribution is 6.31. The Morgan fingerprint density at radius 3 is 2.52 bits per heavy atom. The van der Waals surface area contributed by atoms with E-state index in [1.165, 1.54) is 11.6 Å². The lowest BCUT2D eigenvalue weighted by Crippen LogP contribution is -2.06. The molecule has 27 heavy (non-hydrogen) atoms. The van der Waals surface area contributed by atoms with Gasteiger partial charge in [0.1, 0.15) is 0 Å². The van der Waals surface area contributed by atoms with Gasteiger partial charge in [-0.1, -0.05) is 30.7 Å². The smallest absolute Gasteiger partial charge is 0.354 e. The van der Waals surface area contributed by atoms with Crippen molar-refractivity contribution in [2.45, 2.75) is 38.8 Å². The number of halogens is 4. The van der Waals surface area contributed by atoms with Crippen LogP contribution in [-0.2, 0) is 19.0 Å². The fourth-order valence-electron chi connectivity index (χ4n) is 3.36. The molecule has 0 spiro atoms. The van der Waals surface area contributed by atoms with Crippen molar-refractivity contribution < 1.29 is 13.2 Å². The third-order valence-corrected chi connectivity index (χ3v) is 5.15. The molecular weight excluding hydrogens is 373 g/mol. The molecule has 0 aliphatic carbocycles. The lowest BCUT2D eigenvalue weighted by molar-refractivity contribution is -0.137. The molecule has 0 fully saturated rings. The summed E-state index contributed by atoms with van der Waals surface area (Å²) in [5.41, 5.74) is 9.16. The van der Waals surface area contributed by atoms with Crippen LogP contribution >= 0.6 is 11.6 Å². The fourth-order valence-corrected chi connectivity index (χ4v) is 3.59. The number of fused-ring (bicyclic) bond motifs is 1. The van der Waals surface area contributed by atoms with Gasteiger partial charge in [-0.15, -0.1) is 0 Å². The van der Waals surface area contributed by atoms with Crippen molar-refractivity contribution in [3.8, 4) is 11.3 Å². The van der Waals surface area contributed by atoms with Gasteiger partial charge in [-0.2, -0.15) is 13.2 Å². The molecule has 0 atom stereocenters. The number of benzene rings is 2. The molecule has 6 heteroatoms. The number of alkyl halides is 3. The Hall–Kier alpha value is -1.98. The van der Waals surface area contributed by atoms with Crippen LogP contribution in [0.2, 0.25) is 5.02 Å². The first-order chi connectivity index (χ1) is 12.8. The van der Waals surface area contributed by atoms with Crippen LogP contribution in [0.3, 0.4) is 0 Å². The van der Waals surface area contributed by atoms with Crippen molar-refractivity contribution in [1.82, 2.24) is 4.98 Å². The van der Waals surface area contributed by atoms with Crippen LogP contribution in [0, 0.1) is 0 Å². The zero-order valence-electron chi connectivity index (χ0n) is 15.1. The Kier molecular flexibility index (Phi) is 5.82. The molecule has 3 N–H and O–H groups in total. The molecule has 0 aliphatic heterocycles. The van der Waals surface area contributed by atoms with E-state index in [2.05, 4.69) is 18.0 Å². The maximum absolute atomic E-state index is 13.3. The van der Waals surface area contributed by atoms with Gasteiger partial charge in [0.25, 0.3) is 0 Å². The van der Waals surface area contributed by atoms with Crippen LogP contribution in [0.25, 0.3) is 22.2 Å². The molecule has 1 aromatic heterocycles. The molecule has 0 aliphatic rings. The number of aryl methyl sites for hydroxylation is 2. The Bertz CT molecular complexity index is 944. The van der Waals surface area contributed by atoms with Crippen molar-refractivity contribution in [3.05, 3.63) is 58.1 Å². The number of aromatic nitrogens is 1. The highest BCUT2D eigenvalue weighted by Crippen LogP contribution is 2.39. The van der Waals surface area contributed by atoms with Crippen molar-refractivity contribution in [1.29, 1.82) is 0 Å². The van der Waals surface area contributed by atoms with Crippen LogP contribution in [-0.4, -0.2) is 11.5 Å². The summed E-state index contributed by atoms with van der Waals surface area (Å²) in [7, 11) is 0. The third-order valence-electron chi connectivity index (χ3n) is 4.82. The van der Waals surface area contributed by atoms with E-state index < -0.39 is 11.7 Å². The minimum absolute atomic E-state index is 0.291. The topological polar surface area (TPSA) is 41.8 Å². The molecule has 0 amide bonds. The lowest BCUT2D eigenvalue weighted by Gasteiger charge is -2.12. The monoisotopic (exact) mass is 394 g/mol. The summed E-state index contributed by atoms with van der Waals surface area (Å²) in [6, 6.07) is 10.2. The predicted molar refractivity (Wildman–Crippen MR) is 105 cm³/mol. The van der Waals surface area contributed by atoms with Crippen molar-refractivity contribution in [2.24, 2.45) is 5.73 Å². The second-order valence-electron chi connectivity index (χ2n) is 6.65. The molecule has 2 aromatic carbocycles. The summed E-state index contributed by atoms with van der Waals surface area (Å²) in [6.07, 6.45) is -1.09. The average Bonchev–Trinajstić information content (AvgIpc) is 2.99. The second kappa shape index (κ2) is 7.95. The molecule has 1 heterocycles. The molecule has 144 valence electrons. The average molecular weight is 395 g/mol.